The SMILES string of the molecule is C=CCC[C@@H]1CC=C(C(=O)/C=C/C(C)C)N1S(=O)(=O)c1ccc(C)cc1. The van der Waals surface area contributed by atoms with Crippen LogP contribution in [0, 0.1) is 12.8 Å². The Bertz CT molecular complexity index is 817. The van der Waals surface area contributed by atoms with E-state index < -0.39 is 10.0 Å². The van der Waals surface area contributed by atoms with E-state index >= 15 is 0 Å². The molecule has 1 aromatic carbocycles. The van der Waals surface area contributed by atoms with E-state index in [0.29, 0.717) is 19.3 Å². The molecule has 1 aromatic rings. The second-order valence-electron chi connectivity index (χ2n) is 6.93. The maximum absolute atomic E-state index is 13.3. The van der Waals surface area contributed by atoms with E-state index in [0.717, 1.165) is 5.56 Å². The molecule has 0 amide bonds. The van der Waals surface area contributed by atoms with Crippen molar-refractivity contribution in [2.45, 2.75) is 51.0 Å². The molecule has 0 saturated heterocycles. The van der Waals surface area contributed by atoms with Gasteiger partial charge in [-0.1, -0.05) is 49.8 Å². The summed E-state index contributed by atoms with van der Waals surface area (Å²) in [5.74, 6) is -0.0461. The number of carbonyl (C=O) groups excluding carboxylic acids is 1. The van der Waals surface area contributed by atoms with Crippen LogP contribution in [0.5, 0.6) is 0 Å². The fourth-order valence-electron chi connectivity index (χ4n) is 2.90. The first kappa shape index (κ1) is 20.2. The van der Waals surface area contributed by atoms with Crippen molar-refractivity contribution in [1.82, 2.24) is 4.31 Å². The first-order valence-corrected chi connectivity index (χ1v) is 10.4. The summed E-state index contributed by atoms with van der Waals surface area (Å²) in [6.45, 7) is 9.57. The molecule has 2 rings (SSSR count). The largest absolute Gasteiger partial charge is 0.288 e. The molecule has 0 aliphatic carbocycles. The van der Waals surface area contributed by atoms with Crippen LogP contribution in [0.3, 0.4) is 0 Å². The molecule has 4 nitrogen and oxygen atoms in total. The average molecular weight is 374 g/mol. The van der Waals surface area contributed by atoms with Gasteiger partial charge < -0.3 is 0 Å². The Morgan fingerprint density at radius 2 is 1.96 bits per heavy atom. The molecule has 0 saturated carbocycles. The third kappa shape index (κ3) is 4.52. The molecule has 5 heteroatoms. The number of hydrogen-bond donors (Lipinski definition) is 0. The predicted octanol–water partition coefficient (Wildman–Crippen LogP) is 4.39. The van der Waals surface area contributed by atoms with Gasteiger partial charge in [-0.25, -0.2) is 8.42 Å². The molecule has 1 atom stereocenters. The molecule has 0 bridgehead atoms. The van der Waals surface area contributed by atoms with E-state index in [9.17, 15) is 13.2 Å². The summed E-state index contributed by atoms with van der Waals surface area (Å²) in [4.78, 5) is 12.8. The van der Waals surface area contributed by atoms with Crippen LogP contribution in [0.25, 0.3) is 0 Å². The molecule has 0 unspecified atom stereocenters. The summed E-state index contributed by atoms with van der Waals surface area (Å²) in [5, 5.41) is 0. The molecule has 0 radical (unpaired) electrons. The van der Waals surface area contributed by atoms with Crippen molar-refractivity contribution in [3.63, 3.8) is 0 Å². The van der Waals surface area contributed by atoms with Crippen molar-refractivity contribution >= 4 is 15.8 Å². The van der Waals surface area contributed by atoms with E-state index in [-0.39, 0.29) is 28.3 Å². The zero-order chi connectivity index (χ0) is 19.3. The van der Waals surface area contributed by atoms with Crippen molar-refractivity contribution in [2.75, 3.05) is 0 Å². The number of rotatable bonds is 8. The highest BCUT2D eigenvalue weighted by molar-refractivity contribution is 7.89. The van der Waals surface area contributed by atoms with Gasteiger partial charge in [0, 0.05) is 6.04 Å². The van der Waals surface area contributed by atoms with Crippen LogP contribution < -0.4 is 0 Å². The van der Waals surface area contributed by atoms with Crippen molar-refractivity contribution in [3.8, 4) is 0 Å². The Morgan fingerprint density at radius 3 is 2.54 bits per heavy atom. The van der Waals surface area contributed by atoms with Gasteiger partial charge in [-0.3, -0.25) is 9.10 Å². The van der Waals surface area contributed by atoms with Crippen molar-refractivity contribution < 1.29 is 13.2 Å². The van der Waals surface area contributed by atoms with Gasteiger partial charge in [-0.15, -0.1) is 6.58 Å². The number of carbonyl (C=O) groups is 1. The van der Waals surface area contributed by atoms with Gasteiger partial charge in [-0.2, -0.15) is 0 Å². The summed E-state index contributed by atoms with van der Waals surface area (Å²) >= 11 is 0. The highest BCUT2D eigenvalue weighted by atomic mass is 32.2. The minimum atomic E-state index is -3.79. The number of aryl methyl sites for hydroxylation is 1. The second kappa shape index (κ2) is 8.49. The van der Waals surface area contributed by atoms with E-state index in [1.54, 1.807) is 42.5 Å². The lowest BCUT2D eigenvalue weighted by atomic mass is 10.1. The number of nitrogens with zero attached hydrogens (tertiary/aromatic N) is 1. The smallest absolute Gasteiger partial charge is 0.264 e. The van der Waals surface area contributed by atoms with E-state index in [1.807, 2.05) is 20.8 Å². The summed E-state index contributed by atoms with van der Waals surface area (Å²) in [7, 11) is -3.79. The number of benzene rings is 1. The van der Waals surface area contributed by atoms with Gasteiger partial charge >= 0.3 is 0 Å². The predicted molar refractivity (Wildman–Crippen MR) is 105 cm³/mol. The quantitative estimate of drug-likeness (QED) is 0.502. The molecule has 0 spiro atoms. The number of sulfonamides is 1. The van der Waals surface area contributed by atoms with Crippen LogP contribution in [0.4, 0.5) is 0 Å². The fraction of sp³-hybridized carbons (Fsp3) is 0.381. The average Bonchev–Trinajstić information content (AvgIpc) is 3.03. The standard InChI is InChI=1S/C21H27NO3S/c1-5-6-7-18-11-14-20(21(23)15-8-16(2)3)22(18)26(24,25)19-12-9-17(4)10-13-19/h5,8-10,12-16,18H,1,6-7,11H2,2-4H3/b15-8+/t18-/m1/s1. The van der Waals surface area contributed by atoms with Gasteiger partial charge in [0.2, 0.25) is 5.78 Å². The van der Waals surface area contributed by atoms with Crippen LogP contribution in [0.15, 0.2) is 65.7 Å². The van der Waals surface area contributed by atoms with E-state index in [4.69, 9.17) is 0 Å². The van der Waals surface area contributed by atoms with Gasteiger partial charge in [0.05, 0.1) is 10.6 Å². The van der Waals surface area contributed by atoms with Crippen LogP contribution >= 0.6 is 0 Å². The minimum absolute atomic E-state index is 0.208. The van der Waals surface area contributed by atoms with E-state index in [1.165, 1.54) is 10.4 Å². The first-order valence-electron chi connectivity index (χ1n) is 8.92. The molecule has 26 heavy (non-hydrogen) atoms. The Kier molecular flexibility index (Phi) is 6.59. The van der Waals surface area contributed by atoms with E-state index in [2.05, 4.69) is 6.58 Å². The van der Waals surface area contributed by atoms with Crippen LogP contribution in [0.2, 0.25) is 0 Å². The molecule has 0 fully saturated rings. The minimum Gasteiger partial charge on any atom is -0.288 e. The topological polar surface area (TPSA) is 54.5 Å². The molecule has 1 aliphatic heterocycles. The Balaban J connectivity index is 2.41. The molecule has 1 heterocycles. The monoisotopic (exact) mass is 373 g/mol. The van der Waals surface area contributed by atoms with Crippen molar-refractivity contribution in [3.05, 3.63) is 66.4 Å². The van der Waals surface area contributed by atoms with Gasteiger partial charge in [0.1, 0.15) is 0 Å². The lowest BCUT2D eigenvalue weighted by molar-refractivity contribution is -0.112. The Labute approximate surface area is 157 Å². The molecule has 0 aromatic heterocycles. The van der Waals surface area contributed by atoms with Gasteiger partial charge in [0.15, 0.2) is 0 Å². The summed E-state index contributed by atoms with van der Waals surface area (Å²) in [5.41, 5.74) is 1.23. The summed E-state index contributed by atoms with van der Waals surface area (Å²) in [6.07, 6.45) is 8.65. The summed E-state index contributed by atoms with van der Waals surface area (Å²) in [6, 6.07) is 6.47. The molecular formula is C21H27NO3S. The number of hydrogen-bond acceptors (Lipinski definition) is 3. The Hall–Kier alpha value is -2.14. The molecule has 0 N–H and O–H groups in total. The van der Waals surface area contributed by atoms with Crippen molar-refractivity contribution in [2.24, 2.45) is 5.92 Å². The number of allylic oxidation sites excluding steroid dienone is 3. The third-order valence-electron chi connectivity index (χ3n) is 4.32. The zero-order valence-electron chi connectivity index (χ0n) is 15.7. The van der Waals surface area contributed by atoms with Crippen LogP contribution in [-0.2, 0) is 14.8 Å². The highest BCUT2D eigenvalue weighted by Crippen LogP contribution is 2.33. The van der Waals surface area contributed by atoms with Crippen molar-refractivity contribution in [1.29, 1.82) is 0 Å². The molecule has 140 valence electrons. The fourth-order valence-corrected chi connectivity index (χ4v) is 4.61. The first-order chi connectivity index (χ1) is 12.3. The Morgan fingerprint density at radius 1 is 1.31 bits per heavy atom. The highest BCUT2D eigenvalue weighted by Gasteiger charge is 2.38. The molecular weight excluding hydrogens is 346 g/mol. The zero-order valence-corrected chi connectivity index (χ0v) is 16.5. The number of ketones is 1. The normalized spacial score (nSPS) is 17.8. The summed E-state index contributed by atoms with van der Waals surface area (Å²) < 4.78 is 27.8. The lowest BCUT2D eigenvalue weighted by Crippen LogP contribution is -2.37. The maximum Gasteiger partial charge on any atom is 0.264 e. The third-order valence-corrected chi connectivity index (χ3v) is 6.20. The lowest BCUT2D eigenvalue weighted by Gasteiger charge is -2.28. The van der Waals surface area contributed by atoms with Crippen LogP contribution in [0.1, 0.15) is 38.7 Å². The van der Waals surface area contributed by atoms with Gasteiger partial charge in [-0.05, 0) is 50.3 Å². The van der Waals surface area contributed by atoms with Crippen LogP contribution in [-0.4, -0.2) is 24.5 Å². The maximum atomic E-state index is 13.3. The molecule has 1 aliphatic rings. The second-order valence-corrected chi connectivity index (χ2v) is 8.74. The van der Waals surface area contributed by atoms with Gasteiger partial charge in [0.25, 0.3) is 10.0 Å².